The van der Waals surface area contributed by atoms with Crippen molar-refractivity contribution in [3.8, 4) is 6.07 Å². The summed E-state index contributed by atoms with van der Waals surface area (Å²) in [5.74, 6) is 2.85. The third-order valence-electron chi connectivity index (χ3n) is 4.79. The van der Waals surface area contributed by atoms with Crippen LogP contribution in [0.1, 0.15) is 36.8 Å². The predicted molar refractivity (Wildman–Crippen MR) is 76.8 cm³/mol. The van der Waals surface area contributed by atoms with E-state index in [9.17, 15) is 0 Å². The van der Waals surface area contributed by atoms with E-state index in [0.29, 0.717) is 10.6 Å². The average molecular weight is 275 g/mol. The molecule has 2 fully saturated rings. The molecule has 3 rings (SSSR count). The Morgan fingerprint density at radius 1 is 1.32 bits per heavy atom. The van der Waals surface area contributed by atoms with Gasteiger partial charge in [-0.1, -0.05) is 24.1 Å². The molecule has 2 aliphatic carbocycles. The van der Waals surface area contributed by atoms with Crippen LogP contribution in [0.5, 0.6) is 0 Å². The lowest BCUT2D eigenvalue weighted by atomic mass is 9.89. The zero-order chi connectivity index (χ0) is 13.2. The van der Waals surface area contributed by atoms with Gasteiger partial charge in [0.25, 0.3) is 0 Å². The topological polar surface area (TPSA) is 35.8 Å². The second-order valence-electron chi connectivity index (χ2n) is 5.98. The van der Waals surface area contributed by atoms with E-state index >= 15 is 0 Å². The molecule has 3 unspecified atom stereocenters. The molecule has 3 heteroatoms. The molecular weight excluding hydrogens is 256 g/mol. The molecule has 2 nitrogen and oxygen atoms in total. The van der Waals surface area contributed by atoms with Gasteiger partial charge in [-0.2, -0.15) is 5.26 Å². The number of nitriles is 1. The van der Waals surface area contributed by atoms with Crippen LogP contribution in [0.15, 0.2) is 18.2 Å². The van der Waals surface area contributed by atoms with Crippen LogP contribution in [0.4, 0.5) is 0 Å². The van der Waals surface area contributed by atoms with Gasteiger partial charge in [0, 0.05) is 11.6 Å². The zero-order valence-corrected chi connectivity index (χ0v) is 11.8. The van der Waals surface area contributed by atoms with E-state index in [2.05, 4.69) is 11.4 Å². The zero-order valence-electron chi connectivity index (χ0n) is 11.0. The number of hydrogen-bond donors (Lipinski definition) is 1. The van der Waals surface area contributed by atoms with E-state index in [0.717, 1.165) is 36.4 Å². The van der Waals surface area contributed by atoms with Crippen LogP contribution in [-0.4, -0.2) is 6.54 Å². The molecule has 1 aromatic rings. The summed E-state index contributed by atoms with van der Waals surface area (Å²) in [6, 6.07) is 7.64. The molecule has 100 valence electrons. The summed E-state index contributed by atoms with van der Waals surface area (Å²) in [7, 11) is 0. The fourth-order valence-electron chi connectivity index (χ4n) is 3.78. The molecular formula is C16H19ClN2. The smallest absolute Gasteiger partial charge is 0.0992 e. The normalized spacial score (nSPS) is 28.5. The molecule has 0 aliphatic heterocycles. The third kappa shape index (κ3) is 2.78. The predicted octanol–water partition coefficient (Wildman–Crippen LogP) is 3.74. The van der Waals surface area contributed by atoms with E-state index < -0.39 is 0 Å². The molecule has 0 amide bonds. The summed E-state index contributed by atoms with van der Waals surface area (Å²) >= 11 is 6.18. The minimum atomic E-state index is 0.627. The van der Waals surface area contributed by atoms with Gasteiger partial charge in [0.05, 0.1) is 11.6 Å². The van der Waals surface area contributed by atoms with Gasteiger partial charge in [0.15, 0.2) is 0 Å². The fraction of sp³-hybridized carbons (Fsp3) is 0.562. The first-order chi connectivity index (χ1) is 9.26. The molecule has 19 heavy (non-hydrogen) atoms. The monoisotopic (exact) mass is 274 g/mol. The van der Waals surface area contributed by atoms with Crippen molar-refractivity contribution in [2.45, 2.75) is 32.2 Å². The van der Waals surface area contributed by atoms with Gasteiger partial charge in [-0.3, -0.25) is 0 Å². The first-order valence-electron chi connectivity index (χ1n) is 7.15. The van der Waals surface area contributed by atoms with E-state index in [-0.39, 0.29) is 0 Å². The lowest BCUT2D eigenvalue weighted by Gasteiger charge is -2.22. The van der Waals surface area contributed by atoms with Crippen molar-refractivity contribution >= 4 is 11.6 Å². The maximum absolute atomic E-state index is 8.81. The molecule has 0 spiro atoms. The second kappa shape index (κ2) is 5.53. The average Bonchev–Trinajstić information content (AvgIpc) is 3.03. The van der Waals surface area contributed by atoms with E-state index in [1.807, 2.05) is 12.1 Å². The highest BCUT2D eigenvalue weighted by Gasteiger charge is 2.38. The first-order valence-corrected chi connectivity index (χ1v) is 7.53. The van der Waals surface area contributed by atoms with Crippen molar-refractivity contribution in [1.82, 2.24) is 5.32 Å². The van der Waals surface area contributed by atoms with Gasteiger partial charge >= 0.3 is 0 Å². The molecule has 1 aromatic carbocycles. The highest BCUT2D eigenvalue weighted by molar-refractivity contribution is 6.31. The molecule has 2 aliphatic rings. The van der Waals surface area contributed by atoms with Crippen molar-refractivity contribution in [3.05, 3.63) is 34.3 Å². The van der Waals surface area contributed by atoms with Gasteiger partial charge < -0.3 is 5.32 Å². The van der Waals surface area contributed by atoms with Crippen LogP contribution in [0.3, 0.4) is 0 Å². The highest BCUT2D eigenvalue weighted by Crippen LogP contribution is 2.47. The summed E-state index contributed by atoms with van der Waals surface area (Å²) in [6.07, 6.45) is 5.78. The minimum Gasteiger partial charge on any atom is -0.312 e. The van der Waals surface area contributed by atoms with Gasteiger partial charge in [-0.05, 0) is 61.3 Å². The number of rotatable bonds is 4. The number of hydrogen-bond acceptors (Lipinski definition) is 2. The first kappa shape index (κ1) is 13.0. The van der Waals surface area contributed by atoms with Crippen molar-refractivity contribution in [3.63, 3.8) is 0 Å². The Morgan fingerprint density at radius 3 is 2.84 bits per heavy atom. The summed E-state index contributed by atoms with van der Waals surface area (Å²) in [5.41, 5.74) is 1.71. The van der Waals surface area contributed by atoms with Crippen molar-refractivity contribution in [2.75, 3.05) is 6.54 Å². The lowest BCUT2D eigenvalue weighted by molar-refractivity contribution is 0.318. The number of halogens is 1. The Kier molecular flexibility index (Phi) is 3.77. The van der Waals surface area contributed by atoms with Crippen LogP contribution in [0, 0.1) is 29.1 Å². The van der Waals surface area contributed by atoms with Gasteiger partial charge in [-0.15, -0.1) is 0 Å². The van der Waals surface area contributed by atoms with E-state index in [1.54, 1.807) is 6.07 Å². The van der Waals surface area contributed by atoms with E-state index in [1.165, 1.54) is 25.7 Å². The van der Waals surface area contributed by atoms with Crippen molar-refractivity contribution < 1.29 is 0 Å². The van der Waals surface area contributed by atoms with Crippen LogP contribution >= 0.6 is 11.6 Å². The van der Waals surface area contributed by atoms with Crippen molar-refractivity contribution in [2.24, 2.45) is 17.8 Å². The Balaban J connectivity index is 1.51. The largest absolute Gasteiger partial charge is 0.312 e. The van der Waals surface area contributed by atoms with Crippen LogP contribution in [-0.2, 0) is 6.54 Å². The van der Waals surface area contributed by atoms with E-state index in [4.69, 9.17) is 16.9 Å². The number of fused-ring (bicyclic) bond motifs is 2. The standard InChI is InChI=1S/C16H19ClN2/c17-16-7-12(8-18)2-4-14(16)9-19-10-15-6-11-1-3-13(15)5-11/h2,4,7,11,13,15,19H,1,3,5-6,9-10H2. The molecule has 2 bridgehead atoms. The van der Waals surface area contributed by atoms with Gasteiger partial charge in [-0.25, -0.2) is 0 Å². The third-order valence-corrected chi connectivity index (χ3v) is 5.14. The summed E-state index contributed by atoms with van der Waals surface area (Å²) in [4.78, 5) is 0. The molecule has 0 radical (unpaired) electrons. The van der Waals surface area contributed by atoms with Gasteiger partial charge in [0.1, 0.15) is 0 Å². The minimum absolute atomic E-state index is 0.627. The summed E-state index contributed by atoms with van der Waals surface area (Å²) in [5, 5.41) is 13.0. The Bertz CT molecular complexity index is 506. The van der Waals surface area contributed by atoms with Crippen LogP contribution in [0.25, 0.3) is 0 Å². The SMILES string of the molecule is N#Cc1ccc(CNCC2CC3CCC2C3)c(Cl)c1. The molecule has 2 saturated carbocycles. The Labute approximate surface area is 119 Å². The molecule has 1 N–H and O–H groups in total. The molecule has 0 saturated heterocycles. The summed E-state index contributed by atoms with van der Waals surface area (Å²) in [6.45, 7) is 1.91. The van der Waals surface area contributed by atoms with Gasteiger partial charge in [0.2, 0.25) is 0 Å². The second-order valence-corrected chi connectivity index (χ2v) is 6.39. The lowest BCUT2D eigenvalue weighted by Crippen LogP contribution is -2.26. The molecule has 0 aromatic heterocycles. The highest BCUT2D eigenvalue weighted by atomic mass is 35.5. The molecule has 0 heterocycles. The summed E-state index contributed by atoms with van der Waals surface area (Å²) < 4.78 is 0. The fourth-order valence-corrected chi connectivity index (χ4v) is 4.03. The number of nitrogens with one attached hydrogen (secondary N) is 1. The van der Waals surface area contributed by atoms with Crippen LogP contribution < -0.4 is 5.32 Å². The van der Waals surface area contributed by atoms with Crippen LogP contribution in [0.2, 0.25) is 5.02 Å². The number of benzene rings is 1. The maximum atomic E-state index is 8.81. The Morgan fingerprint density at radius 2 is 2.21 bits per heavy atom. The quantitative estimate of drug-likeness (QED) is 0.908. The Hall–Kier alpha value is -1.04. The molecule has 3 atom stereocenters. The van der Waals surface area contributed by atoms with Crippen molar-refractivity contribution in [1.29, 1.82) is 5.26 Å². The number of nitrogens with zero attached hydrogens (tertiary/aromatic N) is 1. The maximum Gasteiger partial charge on any atom is 0.0992 e.